The molecule has 1 aromatic carbocycles. The van der Waals surface area contributed by atoms with Gasteiger partial charge in [0, 0.05) is 18.1 Å². The number of benzene rings is 1. The molecule has 4 N–H and O–H groups in total. The molecule has 0 heterocycles. The number of carboxylic acid groups (broad SMARTS) is 1. The van der Waals surface area contributed by atoms with Crippen LogP contribution in [0.5, 0.6) is 0 Å². The van der Waals surface area contributed by atoms with Crippen LogP contribution in [0.15, 0.2) is 18.2 Å². The van der Waals surface area contributed by atoms with Gasteiger partial charge in [0.25, 0.3) is 0 Å². The number of urea groups is 1. The minimum absolute atomic E-state index is 0.122. The van der Waals surface area contributed by atoms with Crippen molar-refractivity contribution in [1.82, 2.24) is 5.32 Å². The first-order chi connectivity index (χ1) is 9.47. The first-order valence-electron chi connectivity index (χ1n) is 5.58. The van der Waals surface area contributed by atoms with Gasteiger partial charge in [-0.15, -0.1) is 0 Å². The molecule has 0 aliphatic rings. The summed E-state index contributed by atoms with van der Waals surface area (Å²) >= 11 is 5.75. The molecule has 1 aromatic rings. The van der Waals surface area contributed by atoms with E-state index in [9.17, 15) is 9.59 Å². The number of carbonyl (C=O) groups is 2. The third kappa shape index (κ3) is 4.42. The molecule has 0 saturated carbocycles. The van der Waals surface area contributed by atoms with E-state index in [-0.39, 0.29) is 24.3 Å². The SMILES string of the molecule is N#Cc1ccc(Cl)cc1NC(=O)N[C@@H](CCO)C(=O)O. The molecule has 0 spiro atoms. The van der Waals surface area contributed by atoms with Crippen molar-refractivity contribution in [3.63, 3.8) is 0 Å². The summed E-state index contributed by atoms with van der Waals surface area (Å²) in [7, 11) is 0. The maximum absolute atomic E-state index is 11.7. The Hall–Kier alpha value is -2.30. The normalized spacial score (nSPS) is 11.2. The van der Waals surface area contributed by atoms with Crippen LogP contribution in [0, 0.1) is 11.3 Å². The maximum Gasteiger partial charge on any atom is 0.326 e. The van der Waals surface area contributed by atoms with Gasteiger partial charge in [-0.1, -0.05) is 11.6 Å². The summed E-state index contributed by atoms with van der Waals surface area (Å²) in [5.41, 5.74) is 0.365. The second-order valence-corrected chi connectivity index (χ2v) is 4.24. The van der Waals surface area contributed by atoms with E-state index in [1.54, 1.807) is 0 Å². The zero-order valence-electron chi connectivity index (χ0n) is 10.3. The number of carbonyl (C=O) groups excluding carboxylic acids is 1. The van der Waals surface area contributed by atoms with Crippen LogP contribution in [-0.4, -0.2) is 34.9 Å². The van der Waals surface area contributed by atoms with Crippen molar-refractivity contribution in [3.8, 4) is 6.07 Å². The molecule has 106 valence electrons. The first-order valence-corrected chi connectivity index (χ1v) is 5.96. The van der Waals surface area contributed by atoms with Gasteiger partial charge >= 0.3 is 12.0 Å². The summed E-state index contributed by atoms with van der Waals surface area (Å²) in [6, 6.07) is 4.16. The van der Waals surface area contributed by atoms with E-state index in [1.165, 1.54) is 18.2 Å². The minimum Gasteiger partial charge on any atom is -0.480 e. The Balaban J connectivity index is 2.78. The van der Waals surface area contributed by atoms with Crippen LogP contribution in [0.4, 0.5) is 10.5 Å². The summed E-state index contributed by atoms with van der Waals surface area (Å²) in [6.07, 6.45) is -0.122. The third-order valence-electron chi connectivity index (χ3n) is 2.37. The minimum atomic E-state index is -1.26. The Labute approximate surface area is 119 Å². The lowest BCUT2D eigenvalue weighted by molar-refractivity contribution is -0.139. The number of halogens is 1. The van der Waals surface area contributed by atoms with Gasteiger partial charge in [-0.25, -0.2) is 9.59 Å². The fraction of sp³-hybridized carbons (Fsp3) is 0.250. The van der Waals surface area contributed by atoms with Gasteiger partial charge in [-0.05, 0) is 18.2 Å². The quantitative estimate of drug-likeness (QED) is 0.649. The molecule has 0 fully saturated rings. The van der Waals surface area contributed by atoms with Gasteiger partial charge in [-0.2, -0.15) is 5.26 Å². The maximum atomic E-state index is 11.7. The van der Waals surface area contributed by atoms with Gasteiger partial charge in [-0.3, -0.25) is 0 Å². The second-order valence-electron chi connectivity index (χ2n) is 3.80. The summed E-state index contributed by atoms with van der Waals surface area (Å²) in [5.74, 6) is -1.26. The molecule has 0 radical (unpaired) electrons. The Morgan fingerprint density at radius 2 is 2.15 bits per heavy atom. The Bertz CT molecular complexity index is 556. The van der Waals surface area contributed by atoms with Crippen LogP contribution in [0.3, 0.4) is 0 Å². The van der Waals surface area contributed by atoms with E-state index in [0.717, 1.165) is 0 Å². The average molecular weight is 298 g/mol. The number of rotatable bonds is 5. The third-order valence-corrected chi connectivity index (χ3v) is 2.61. The van der Waals surface area contributed by atoms with Crippen molar-refractivity contribution >= 4 is 29.3 Å². The molecule has 20 heavy (non-hydrogen) atoms. The molecule has 0 aliphatic heterocycles. The molecule has 0 bridgehead atoms. The Morgan fingerprint density at radius 3 is 2.70 bits per heavy atom. The monoisotopic (exact) mass is 297 g/mol. The lowest BCUT2D eigenvalue weighted by atomic mass is 10.2. The lowest BCUT2D eigenvalue weighted by Crippen LogP contribution is -2.43. The van der Waals surface area contributed by atoms with Crippen LogP contribution in [0.2, 0.25) is 5.02 Å². The van der Waals surface area contributed by atoms with Gasteiger partial charge < -0.3 is 20.8 Å². The van der Waals surface area contributed by atoms with Gasteiger partial charge in [0.2, 0.25) is 0 Å². The summed E-state index contributed by atoms with van der Waals surface area (Å²) in [4.78, 5) is 22.5. The van der Waals surface area contributed by atoms with Gasteiger partial charge in [0.05, 0.1) is 11.3 Å². The van der Waals surface area contributed by atoms with Crippen LogP contribution in [0.25, 0.3) is 0 Å². The number of hydrogen-bond acceptors (Lipinski definition) is 4. The summed E-state index contributed by atoms with van der Waals surface area (Å²) in [6.45, 7) is -0.377. The predicted octanol–water partition coefficient (Wildman–Crippen LogP) is 1.17. The number of nitrogens with one attached hydrogen (secondary N) is 2. The standard InChI is InChI=1S/C12H12ClN3O4/c13-8-2-1-7(6-14)10(5-8)16-12(20)15-9(3-4-17)11(18)19/h1-2,5,9,17H,3-4H2,(H,18,19)(H2,15,16,20)/t9-/m0/s1. The Kier molecular flexibility index (Phi) is 5.77. The molecule has 0 saturated heterocycles. The number of nitrogens with zero attached hydrogens (tertiary/aromatic N) is 1. The fourth-order valence-electron chi connectivity index (χ4n) is 1.42. The zero-order valence-corrected chi connectivity index (χ0v) is 11.0. The molecule has 8 heteroatoms. The summed E-state index contributed by atoms with van der Waals surface area (Å²) < 4.78 is 0. The van der Waals surface area contributed by atoms with E-state index in [0.29, 0.717) is 5.02 Å². The molecule has 0 aromatic heterocycles. The van der Waals surface area contributed by atoms with E-state index in [1.807, 2.05) is 6.07 Å². The number of nitriles is 1. The van der Waals surface area contributed by atoms with Gasteiger partial charge in [0.15, 0.2) is 0 Å². The molecule has 1 rings (SSSR count). The van der Waals surface area contributed by atoms with Crippen molar-refractivity contribution in [3.05, 3.63) is 28.8 Å². The highest BCUT2D eigenvalue weighted by Gasteiger charge is 2.19. The first kappa shape index (κ1) is 15.8. The van der Waals surface area contributed by atoms with E-state index < -0.39 is 18.0 Å². The highest BCUT2D eigenvalue weighted by molar-refractivity contribution is 6.31. The van der Waals surface area contributed by atoms with Crippen molar-refractivity contribution in [2.24, 2.45) is 0 Å². The van der Waals surface area contributed by atoms with Gasteiger partial charge in [0.1, 0.15) is 12.1 Å². The lowest BCUT2D eigenvalue weighted by Gasteiger charge is -2.14. The van der Waals surface area contributed by atoms with Crippen molar-refractivity contribution in [2.45, 2.75) is 12.5 Å². The van der Waals surface area contributed by atoms with Crippen LogP contribution in [0.1, 0.15) is 12.0 Å². The largest absolute Gasteiger partial charge is 0.480 e. The molecule has 2 amide bonds. The number of aliphatic carboxylic acids is 1. The van der Waals surface area contributed by atoms with E-state index >= 15 is 0 Å². The number of aliphatic hydroxyl groups excluding tert-OH is 1. The topological polar surface area (TPSA) is 122 Å². The highest BCUT2D eigenvalue weighted by atomic mass is 35.5. The van der Waals surface area contributed by atoms with E-state index in [2.05, 4.69) is 10.6 Å². The molecular formula is C12H12ClN3O4. The molecule has 1 atom stereocenters. The van der Waals surface area contributed by atoms with Crippen LogP contribution in [-0.2, 0) is 4.79 Å². The van der Waals surface area contributed by atoms with Crippen LogP contribution < -0.4 is 10.6 Å². The second kappa shape index (κ2) is 7.33. The number of amides is 2. The summed E-state index contributed by atoms with van der Waals surface area (Å²) in [5, 5.41) is 31.3. The van der Waals surface area contributed by atoms with Crippen molar-refractivity contribution in [1.29, 1.82) is 5.26 Å². The average Bonchev–Trinajstić information content (AvgIpc) is 2.38. The number of aliphatic hydroxyl groups is 1. The zero-order chi connectivity index (χ0) is 15.1. The van der Waals surface area contributed by atoms with Crippen molar-refractivity contribution < 1.29 is 19.8 Å². The highest BCUT2D eigenvalue weighted by Crippen LogP contribution is 2.20. The smallest absolute Gasteiger partial charge is 0.326 e. The number of hydrogen-bond donors (Lipinski definition) is 4. The fourth-order valence-corrected chi connectivity index (χ4v) is 1.59. The Morgan fingerprint density at radius 1 is 1.45 bits per heavy atom. The van der Waals surface area contributed by atoms with Crippen LogP contribution >= 0.6 is 11.6 Å². The number of carboxylic acids is 1. The van der Waals surface area contributed by atoms with Crippen molar-refractivity contribution in [2.75, 3.05) is 11.9 Å². The van der Waals surface area contributed by atoms with E-state index in [4.69, 9.17) is 27.1 Å². The predicted molar refractivity (Wildman–Crippen MR) is 71.4 cm³/mol. The number of anilines is 1. The molecular weight excluding hydrogens is 286 g/mol. The molecule has 0 unspecified atom stereocenters. The molecule has 7 nitrogen and oxygen atoms in total. The molecule has 0 aliphatic carbocycles.